The summed E-state index contributed by atoms with van der Waals surface area (Å²) >= 11 is 0. The first-order chi connectivity index (χ1) is 25.8. The van der Waals surface area contributed by atoms with Crippen LogP contribution in [0.3, 0.4) is 0 Å². The van der Waals surface area contributed by atoms with Gasteiger partial charge in [-0.25, -0.2) is 0 Å². The molecule has 0 radical (unpaired) electrons. The maximum absolute atomic E-state index is 6.86. The standard InChI is InChI=1S/C48H38N2O2/c1-3-13-31(14-4-1)32-25-27-40-38(29-32)39-30-34(26-28-41(39)49(40)33-15-5-2-6-16-33)50(42-20-12-24-46-47(42)37-18-8-10-23-45(37)51-46)43-21-11-19-36-35-17-7-9-22-44(35)52-48(36)43/h1-7,9-10,12-17,20,22-25,27,29-30,43H,8,11,18-19,21,26,28H2. The average Bonchev–Trinajstić information content (AvgIpc) is 3.89. The van der Waals surface area contributed by atoms with Gasteiger partial charge in [-0.1, -0.05) is 84.9 Å². The molecule has 252 valence electrons. The van der Waals surface area contributed by atoms with Gasteiger partial charge >= 0.3 is 0 Å². The third-order valence-electron chi connectivity index (χ3n) is 11.6. The molecule has 4 nitrogen and oxygen atoms in total. The van der Waals surface area contributed by atoms with Crippen LogP contribution in [0.2, 0.25) is 0 Å². The van der Waals surface area contributed by atoms with E-state index in [1.54, 1.807) is 0 Å². The van der Waals surface area contributed by atoms with Gasteiger partial charge in [0, 0.05) is 49.9 Å². The van der Waals surface area contributed by atoms with E-state index in [0.717, 1.165) is 67.6 Å². The molecule has 8 aromatic rings. The lowest BCUT2D eigenvalue weighted by atomic mass is 9.88. The number of para-hydroxylation sites is 2. The highest BCUT2D eigenvalue weighted by Crippen LogP contribution is 2.49. The quantitative estimate of drug-likeness (QED) is 0.182. The van der Waals surface area contributed by atoms with E-state index in [0.29, 0.717) is 0 Å². The van der Waals surface area contributed by atoms with E-state index in [1.165, 1.54) is 72.3 Å². The predicted molar refractivity (Wildman–Crippen MR) is 213 cm³/mol. The fourth-order valence-corrected chi connectivity index (χ4v) is 9.36. The molecule has 0 saturated heterocycles. The summed E-state index contributed by atoms with van der Waals surface area (Å²) in [6, 6.07) is 43.9. The van der Waals surface area contributed by atoms with Crippen molar-refractivity contribution in [2.75, 3.05) is 4.90 Å². The first-order valence-corrected chi connectivity index (χ1v) is 18.8. The minimum Gasteiger partial charge on any atom is -0.459 e. The van der Waals surface area contributed by atoms with Gasteiger partial charge in [0.2, 0.25) is 0 Å². The largest absolute Gasteiger partial charge is 0.459 e. The van der Waals surface area contributed by atoms with Crippen LogP contribution in [0.5, 0.6) is 0 Å². The number of aromatic nitrogens is 1. The van der Waals surface area contributed by atoms with Crippen molar-refractivity contribution >= 4 is 50.7 Å². The number of nitrogens with zero attached hydrogens (tertiary/aromatic N) is 2. The first-order valence-electron chi connectivity index (χ1n) is 18.8. The highest BCUT2D eigenvalue weighted by Gasteiger charge is 2.36. The maximum atomic E-state index is 6.86. The minimum absolute atomic E-state index is 0.0709. The molecule has 4 heteroatoms. The van der Waals surface area contributed by atoms with Crippen molar-refractivity contribution in [1.29, 1.82) is 0 Å². The molecule has 0 N–H and O–H groups in total. The van der Waals surface area contributed by atoms with Crippen LogP contribution in [0.4, 0.5) is 5.69 Å². The van der Waals surface area contributed by atoms with E-state index in [-0.39, 0.29) is 6.04 Å². The Morgan fingerprint density at radius 1 is 0.654 bits per heavy atom. The van der Waals surface area contributed by atoms with Crippen LogP contribution in [0.15, 0.2) is 142 Å². The van der Waals surface area contributed by atoms with E-state index >= 15 is 0 Å². The van der Waals surface area contributed by atoms with Gasteiger partial charge < -0.3 is 18.3 Å². The van der Waals surface area contributed by atoms with Crippen LogP contribution in [-0.4, -0.2) is 4.57 Å². The zero-order valence-corrected chi connectivity index (χ0v) is 29.0. The number of hydrogen-bond acceptors (Lipinski definition) is 3. The fourth-order valence-electron chi connectivity index (χ4n) is 9.36. The Morgan fingerprint density at radius 2 is 1.48 bits per heavy atom. The number of furan rings is 2. The van der Waals surface area contributed by atoms with E-state index < -0.39 is 0 Å². The monoisotopic (exact) mass is 674 g/mol. The van der Waals surface area contributed by atoms with Gasteiger partial charge in [0.25, 0.3) is 0 Å². The molecule has 52 heavy (non-hydrogen) atoms. The summed E-state index contributed by atoms with van der Waals surface area (Å²) in [6.07, 6.45) is 14.0. The van der Waals surface area contributed by atoms with Gasteiger partial charge in [0.1, 0.15) is 22.7 Å². The fraction of sp³-hybridized carbons (Fsp3) is 0.167. The van der Waals surface area contributed by atoms with Crippen molar-refractivity contribution in [2.24, 2.45) is 0 Å². The Bertz CT molecular complexity index is 2720. The number of rotatable bonds is 5. The number of hydrogen-bond donors (Lipinski definition) is 0. The van der Waals surface area contributed by atoms with Crippen LogP contribution in [0.1, 0.15) is 65.6 Å². The van der Waals surface area contributed by atoms with Gasteiger partial charge in [0.15, 0.2) is 0 Å². The van der Waals surface area contributed by atoms with Gasteiger partial charge in [-0.15, -0.1) is 0 Å². The summed E-state index contributed by atoms with van der Waals surface area (Å²) in [5.41, 5.74) is 14.8. The molecule has 1 unspecified atom stereocenters. The van der Waals surface area contributed by atoms with Crippen molar-refractivity contribution in [1.82, 2.24) is 4.57 Å². The smallest absolute Gasteiger partial charge is 0.137 e. The van der Waals surface area contributed by atoms with Crippen molar-refractivity contribution in [3.63, 3.8) is 0 Å². The molecule has 11 rings (SSSR count). The third kappa shape index (κ3) is 4.53. The zero-order valence-electron chi connectivity index (χ0n) is 29.0. The molecular formula is C48H38N2O2. The molecule has 0 aliphatic heterocycles. The van der Waals surface area contributed by atoms with Crippen LogP contribution in [0.25, 0.3) is 61.8 Å². The van der Waals surface area contributed by atoms with Gasteiger partial charge in [-0.3, -0.25) is 0 Å². The van der Waals surface area contributed by atoms with Crippen LogP contribution in [-0.2, 0) is 19.3 Å². The minimum atomic E-state index is 0.0709. The Morgan fingerprint density at radius 3 is 2.38 bits per heavy atom. The molecule has 0 saturated carbocycles. The third-order valence-corrected chi connectivity index (χ3v) is 11.6. The molecule has 3 aliphatic carbocycles. The number of anilines is 1. The van der Waals surface area contributed by atoms with Gasteiger partial charge in [-0.2, -0.15) is 0 Å². The first kappa shape index (κ1) is 29.7. The number of aryl methyl sites for hydroxylation is 2. The number of benzene rings is 5. The molecule has 0 fully saturated rings. The zero-order chi connectivity index (χ0) is 34.2. The topological polar surface area (TPSA) is 34.5 Å². The average molecular weight is 675 g/mol. The summed E-state index contributed by atoms with van der Waals surface area (Å²) in [5.74, 6) is 2.12. The molecule has 3 aromatic heterocycles. The van der Waals surface area contributed by atoms with Gasteiger partial charge in [-0.05, 0) is 111 Å². The van der Waals surface area contributed by atoms with E-state index in [1.807, 2.05) is 0 Å². The van der Waals surface area contributed by atoms with E-state index in [4.69, 9.17) is 8.83 Å². The molecule has 0 spiro atoms. The lowest BCUT2D eigenvalue weighted by molar-refractivity contribution is 0.429. The van der Waals surface area contributed by atoms with Gasteiger partial charge in [0.05, 0.1) is 17.2 Å². The molecule has 3 aliphatic rings. The predicted octanol–water partition coefficient (Wildman–Crippen LogP) is 12.6. The second-order valence-electron chi connectivity index (χ2n) is 14.5. The van der Waals surface area contributed by atoms with E-state index in [2.05, 4.69) is 149 Å². The van der Waals surface area contributed by atoms with Crippen LogP contribution < -0.4 is 4.90 Å². The molecule has 0 bridgehead atoms. The molecule has 0 amide bonds. The molecule has 1 atom stereocenters. The Hall–Kier alpha value is -6.00. The van der Waals surface area contributed by atoms with Crippen LogP contribution in [0, 0.1) is 0 Å². The summed E-state index contributed by atoms with van der Waals surface area (Å²) in [6.45, 7) is 0. The molecule has 3 heterocycles. The Balaban J connectivity index is 1.17. The highest BCUT2D eigenvalue weighted by molar-refractivity contribution is 6.00. The maximum Gasteiger partial charge on any atom is 0.137 e. The number of allylic oxidation sites excluding steroid dienone is 2. The van der Waals surface area contributed by atoms with Crippen molar-refractivity contribution in [2.45, 2.75) is 51.0 Å². The second-order valence-corrected chi connectivity index (χ2v) is 14.5. The summed E-state index contributed by atoms with van der Waals surface area (Å²) in [7, 11) is 0. The Kier molecular flexibility index (Phi) is 6.73. The van der Waals surface area contributed by atoms with Crippen molar-refractivity contribution in [3.8, 4) is 16.8 Å². The summed E-state index contributed by atoms with van der Waals surface area (Å²) < 4.78 is 15.9. The summed E-state index contributed by atoms with van der Waals surface area (Å²) in [4.78, 5) is 2.66. The molecule has 5 aromatic carbocycles. The van der Waals surface area contributed by atoms with E-state index in [9.17, 15) is 0 Å². The van der Waals surface area contributed by atoms with Crippen molar-refractivity contribution in [3.05, 3.63) is 167 Å². The SMILES string of the molecule is C1=Cc2oc3cccc(N(C4=Cc5c(n(-c6ccccc6)c6ccc(-c7ccccc7)cc56)CC4)C4CCCc5c4oc4ccccc54)c3c2CC1. The lowest BCUT2D eigenvalue weighted by Gasteiger charge is -2.38. The Labute approximate surface area is 302 Å². The van der Waals surface area contributed by atoms with Crippen LogP contribution >= 0.6 is 0 Å². The second kappa shape index (κ2) is 11.8. The lowest BCUT2D eigenvalue weighted by Crippen LogP contribution is -2.31. The van der Waals surface area contributed by atoms with Crippen molar-refractivity contribution < 1.29 is 8.83 Å². The highest BCUT2D eigenvalue weighted by atomic mass is 16.3. The molecular weight excluding hydrogens is 637 g/mol. The number of fused-ring (bicyclic) bond motifs is 9. The normalized spacial score (nSPS) is 16.5. The summed E-state index contributed by atoms with van der Waals surface area (Å²) in [5, 5.41) is 3.79.